The number of benzene rings is 2. The number of amides is 3. The molecule has 3 heterocycles. The fraction of sp³-hybridized carbons (Fsp3) is 0.444. The van der Waals surface area contributed by atoms with Crippen molar-refractivity contribution in [3.63, 3.8) is 0 Å². The Hall–Kier alpha value is -4.48. The summed E-state index contributed by atoms with van der Waals surface area (Å²) in [5.74, 6) is -3.01. The molecular formula is C36H43N3O8. The van der Waals surface area contributed by atoms with Gasteiger partial charge < -0.3 is 34.4 Å². The highest BCUT2D eigenvalue weighted by molar-refractivity contribution is 6.04. The Morgan fingerprint density at radius 3 is 2.51 bits per heavy atom. The van der Waals surface area contributed by atoms with E-state index in [0.717, 1.165) is 0 Å². The zero-order chi connectivity index (χ0) is 33.7. The lowest BCUT2D eigenvalue weighted by atomic mass is 9.70. The molecule has 11 nitrogen and oxygen atoms in total. The Labute approximate surface area is 275 Å². The molecule has 0 radical (unpaired) electrons. The first-order chi connectivity index (χ1) is 22.7. The second-order valence-corrected chi connectivity index (χ2v) is 12.2. The number of carbonyl (C=O) groups is 4. The Morgan fingerprint density at radius 2 is 1.87 bits per heavy atom. The number of methoxy groups -OCH3 is 1. The minimum atomic E-state index is -1.29. The summed E-state index contributed by atoms with van der Waals surface area (Å²) in [6.45, 7) is 8.96. The molecule has 7 atom stereocenters. The number of likely N-dealkylation sites (tertiary alicyclic amines) is 1. The third-order valence-electron chi connectivity index (χ3n) is 9.43. The van der Waals surface area contributed by atoms with Crippen LogP contribution in [0.25, 0.3) is 0 Å². The van der Waals surface area contributed by atoms with Crippen LogP contribution in [0.15, 0.2) is 79.9 Å². The molecule has 0 aromatic heterocycles. The van der Waals surface area contributed by atoms with Crippen LogP contribution < -0.4 is 15.0 Å². The maximum Gasteiger partial charge on any atom is 0.313 e. The molecule has 0 unspecified atom stereocenters. The summed E-state index contributed by atoms with van der Waals surface area (Å²) in [4.78, 5) is 58.3. The predicted octanol–water partition coefficient (Wildman–Crippen LogP) is 3.34. The van der Waals surface area contributed by atoms with Crippen molar-refractivity contribution in [3.05, 3.63) is 85.5 Å². The van der Waals surface area contributed by atoms with E-state index in [0.29, 0.717) is 36.3 Å². The Morgan fingerprint density at radius 1 is 1.15 bits per heavy atom. The number of esters is 1. The normalized spacial score (nSPS) is 25.4. The third kappa shape index (κ3) is 6.42. The molecular weight excluding hydrogens is 602 g/mol. The summed E-state index contributed by atoms with van der Waals surface area (Å²) in [6, 6.07) is 14.2. The van der Waals surface area contributed by atoms with Crippen molar-refractivity contribution in [2.75, 3.05) is 31.7 Å². The Bertz CT molecular complexity index is 1480. The van der Waals surface area contributed by atoms with Crippen LogP contribution in [0.4, 0.5) is 5.69 Å². The first-order valence-corrected chi connectivity index (χ1v) is 16.0. The molecule has 5 rings (SSSR count). The highest BCUT2D eigenvalue weighted by Crippen LogP contribution is 2.59. The number of hydrogen-bond acceptors (Lipinski definition) is 8. The number of carbonyl (C=O) groups excluding carboxylic acids is 4. The van der Waals surface area contributed by atoms with Gasteiger partial charge in [0.15, 0.2) is 0 Å². The average Bonchev–Trinajstić information content (AvgIpc) is 3.75. The summed E-state index contributed by atoms with van der Waals surface area (Å²) in [5, 5.41) is 13.1. The smallest absolute Gasteiger partial charge is 0.313 e. The van der Waals surface area contributed by atoms with Crippen LogP contribution in [0.3, 0.4) is 0 Å². The number of nitrogens with one attached hydrogen (secondary N) is 1. The van der Waals surface area contributed by atoms with Crippen molar-refractivity contribution in [2.24, 2.45) is 11.8 Å². The van der Waals surface area contributed by atoms with E-state index in [-0.39, 0.29) is 32.0 Å². The van der Waals surface area contributed by atoms with Crippen molar-refractivity contribution in [1.82, 2.24) is 10.2 Å². The number of aliphatic hydroxyl groups excluding tert-OH is 1. The van der Waals surface area contributed by atoms with Crippen LogP contribution in [-0.2, 0) is 28.7 Å². The maximum absolute atomic E-state index is 14.6. The third-order valence-corrected chi connectivity index (χ3v) is 9.43. The van der Waals surface area contributed by atoms with Gasteiger partial charge in [0.05, 0.1) is 44.2 Å². The van der Waals surface area contributed by atoms with E-state index >= 15 is 0 Å². The lowest BCUT2D eigenvalue weighted by Crippen LogP contribution is -2.58. The van der Waals surface area contributed by atoms with Crippen LogP contribution in [0, 0.1) is 11.8 Å². The highest BCUT2D eigenvalue weighted by Gasteiger charge is 2.75. The van der Waals surface area contributed by atoms with E-state index in [4.69, 9.17) is 14.2 Å². The van der Waals surface area contributed by atoms with Gasteiger partial charge >= 0.3 is 5.97 Å². The number of ether oxygens (including phenoxy) is 3. The molecule has 250 valence electrons. The fourth-order valence-electron chi connectivity index (χ4n) is 7.20. The summed E-state index contributed by atoms with van der Waals surface area (Å²) in [5.41, 5.74) is -0.0348. The Kier molecular flexibility index (Phi) is 10.5. The molecule has 3 fully saturated rings. The number of rotatable bonds is 15. The molecule has 2 aromatic rings. The first-order valence-electron chi connectivity index (χ1n) is 16.0. The van der Waals surface area contributed by atoms with Gasteiger partial charge in [-0.2, -0.15) is 0 Å². The number of fused-ring (bicyclic) bond motifs is 1. The molecule has 47 heavy (non-hydrogen) atoms. The predicted molar refractivity (Wildman–Crippen MR) is 174 cm³/mol. The van der Waals surface area contributed by atoms with Crippen LogP contribution in [0.2, 0.25) is 0 Å². The number of anilines is 1. The number of hydrogen-bond donors (Lipinski definition) is 2. The van der Waals surface area contributed by atoms with Crippen LogP contribution in [0.1, 0.15) is 44.3 Å². The van der Waals surface area contributed by atoms with E-state index in [1.54, 1.807) is 62.6 Å². The van der Waals surface area contributed by atoms with E-state index in [1.807, 2.05) is 18.2 Å². The fourth-order valence-corrected chi connectivity index (χ4v) is 7.20. The number of aliphatic hydroxyl groups is 1. The van der Waals surface area contributed by atoms with Gasteiger partial charge in [0.25, 0.3) is 5.91 Å². The molecule has 3 aliphatic rings. The molecule has 2 N–H and O–H groups in total. The van der Waals surface area contributed by atoms with E-state index in [9.17, 15) is 24.3 Å². The standard InChI is InChI=1S/C36H43N3O8/c1-5-7-13-29(41)37-21-28(24-11-9-8-10-12-24)46-35(44)30-27-18-19-36(47-27)31(30)33(42)39(23(3)22-40)32(36)34(43)38(20-6-2)25-14-16-26(45-4)17-15-25/h5-6,8-12,14-17,23,27-28,30-32,40H,1-2,7,13,18-22H2,3-4H3,(H,37,41)/t23-,27+,28+,30-,31-,32+,36-/m1/s1. The van der Waals surface area contributed by atoms with Crippen LogP contribution in [0.5, 0.6) is 5.75 Å². The van der Waals surface area contributed by atoms with Crippen LogP contribution in [-0.4, -0.2) is 84.3 Å². The van der Waals surface area contributed by atoms with Crippen molar-refractivity contribution in [1.29, 1.82) is 0 Å². The second-order valence-electron chi connectivity index (χ2n) is 12.2. The van der Waals surface area contributed by atoms with E-state index in [1.165, 1.54) is 9.80 Å². The topological polar surface area (TPSA) is 135 Å². The molecule has 3 saturated heterocycles. The minimum Gasteiger partial charge on any atom is -0.497 e. The van der Waals surface area contributed by atoms with Gasteiger partial charge in [-0.15, -0.1) is 13.2 Å². The molecule has 3 amide bonds. The lowest BCUT2D eigenvalue weighted by Gasteiger charge is -2.38. The van der Waals surface area contributed by atoms with Crippen LogP contribution >= 0.6 is 0 Å². The number of allylic oxidation sites excluding steroid dienone is 1. The SMILES string of the molecule is C=CCCC(=O)NC[C@H](OC(=O)[C@@H]1[C@@H]2CC[C@]3(O2)[C@H](C(=O)N(CC=C)c2ccc(OC)cc2)N([C@H](C)CO)C(=O)[C@@H]13)c1ccccc1. The van der Waals surface area contributed by atoms with Gasteiger partial charge in [-0.05, 0) is 56.0 Å². The minimum absolute atomic E-state index is 0.0425. The molecule has 0 saturated carbocycles. The monoisotopic (exact) mass is 645 g/mol. The zero-order valence-electron chi connectivity index (χ0n) is 26.9. The highest BCUT2D eigenvalue weighted by atomic mass is 16.6. The second kappa shape index (κ2) is 14.5. The lowest BCUT2D eigenvalue weighted by molar-refractivity contribution is -0.161. The van der Waals surface area contributed by atoms with Gasteiger partial charge in [0.2, 0.25) is 11.8 Å². The van der Waals surface area contributed by atoms with Crippen molar-refractivity contribution in [3.8, 4) is 5.75 Å². The molecule has 0 aliphatic carbocycles. The first kappa shape index (κ1) is 33.9. The molecule has 11 heteroatoms. The van der Waals surface area contributed by atoms with Gasteiger partial charge in [0.1, 0.15) is 23.5 Å². The Balaban J connectivity index is 1.45. The van der Waals surface area contributed by atoms with Gasteiger partial charge in [-0.25, -0.2) is 0 Å². The molecule has 2 bridgehead atoms. The summed E-state index contributed by atoms with van der Waals surface area (Å²) in [6.07, 6.45) is 3.41. The summed E-state index contributed by atoms with van der Waals surface area (Å²) < 4.78 is 17.9. The van der Waals surface area contributed by atoms with Gasteiger partial charge in [-0.3, -0.25) is 19.2 Å². The molecule has 3 aliphatic heterocycles. The average molecular weight is 646 g/mol. The van der Waals surface area contributed by atoms with E-state index < -0.39 is 59.5 Å². The van der Waals surface area contributed by atoms with Crippen molar-refractivity contribution < 1.29 is 38.5 Å². The van der Waals surface area contributed by atoms with Gasteiger partial charge in [-0.1, -0.05) is 42.5 Å². The van der Waals surface area contributed by atoms with E-state index in [2.05, 4.69) is 18.5 Å². The maximum atomic E-state index is 14.6. The summed E-state index contributed by atoms with van der Waals surface area (Å²) in [7, 11) is 1.55. The quantitative estimate of drug-likeness (QED) is 0.223. The number of nitrogens with zero attached hydrogens (tertiary/aromatic N) is 2. The van der Waals surface area contributed by atoms with Crippen molar-refractivity contribution in [2.45, 2.75) is 62.5 Å². The van der Waals surface area contributed by atoms with Gasteiger partial charge in [0, 0.05) is 18.7 Å². The largest absolute Gasteiger partial charge is 0.497 e. The van der Waals surface area contributed by atoms with Crippen molar-refractivity contribution >= 4 is 29.4 Å². The molecule has 2 aromatic carbocycles. The molecule has 1 spiro atoms. The zero-order valence-corrected chi connectivity index (χ0v) is 26.9. The summed E-state index contributed by atoms with van der Waals surface area (Å²) >= 11 is 0.